The molecule has 0 spiro atoms. The van der Waals surface area contributed by atoms with Crippen molar-refractivity contribution in [3.63, 3.8) is 0 Å². The molecule has 0 bridgehead atoms. The SMILES string of the molecule is CCC=C(C)C(=O)[O-].C[NH+](C)CC(=O)O. The van der Waals surface area contributed by atoms with Crippen LogP contribution in [0.1, 0.15) is 20.3 Å². The predicted molar refractivity (Wildman–Crippen MR) is 54.4 cm³/mol. The summed E-state index contributed by atoms with van der Waals surface area (Å²) in [7, 11) is 3.60. The van der Waals surface area contributed by atoms with Gasteiger partial charge in [-0.2, -0.15) is 0 Å². The third-order valence-electron chi connectivity index (χ3n) is 1.34. The molecule has 0 aromatic rings. The first-order valence-corrected chi connectivity index (χ1v) is 4.70. The second-order valence-electron chi connectivity index (χ2n) is 3.36. The van der Waals surface area contributed by atoms with E-state index in [-0.39, 0.29) is 6.54 Å². The molecule has 5 heteroatoms. The molecule has 0 rings (SSSR count). The van der Waals surface area contributed by atoms with Gasteiger partial charge in [-0.05, 0) is 18.9 Å². The zero-order valence-electron chi connectivity index (χ0n) is 9.66. The normalized spacial score (nSPS) is 10.6. The largest absolute Gasteiger partial charge is 0.545 e. The Balaban J connectivity index is 0. The fraction of sp³-hybridized carbons (Fsp3) is 0.600. The first-order chi connectivity index (χ1) is 6.81. The molecule has 15 heavy (non-hydrogen) atoms. The molecule has 5 nitrogen and oxygen atoms in total. The summed E-state index contributed by atoms with van der Waals surface area (Å²) in [5, 5.41) is 18.0. The average Bonchev–Trinajstić information content (AvgIpc) is 2.02. The fourth-order valence-corrected chi connectivity index (χ4v) is 0.692. The van der Waals surface area contributed by atoms with Crippen LogP contribution in [0.25, 0.3) is 0 Å². The maximum Gasteiger partial charge on any atom is 0.359 e. The van der Waals surface area contributed by atoms with E-state index in [9.17, 15) is 14.7 Å². The lowest BCUT2D eigenvalue weighted by molar-refractivity contribution is -0.850. The molecule has 0 fully saturated rings. The molecule has 0 unspecified atom stereocenters. The van der Waals surface area contributed by atoms with E-state index in [4.69, 9.17) is 5.11 Å². The molecule has 88 valence electrons. The van der Waals surface area contributed by atoms with Crippen LogP contribution < -0.4 is 10.0 Å². The number of rotatable bonds is 4. The van der Waals surface area contributed by atoms with Crippen LogP contribution in [0.15, 0.2) is 11.6 Å². The number of aliphatic carboxylic acids is 2. The fourth-order valence-electron chi connectivity index (χ4n) is 0.692. The van der Waals surface area contributed by atoms with Crippen molar-refractivity contribution >= 4 is 11.9 Å². The van der Waals surface area contributed by atoms with E-state index in [1.165, 1.54) is 6.92 Å². The molecular weight excluding hydrogens is 198 g/mol. The molecule has 0 aliphatic rings. The number of carboxylic acid groups (broad SMARTS) is 2. The number of hydrogen-bond acceptors (Lipinski definition) is 3. The highest BCUT2D eigenvalue weighted by atomic mass is 16.4. The zero-order valence-corrected chi connectivity index (χ0v) is 9.66. The summed E-state index contributed by atoms with van der Waals surface area (Å²) in [5.41, 5.74) is 0.313. The first kappa shape index (κ1) is 16.1. The van der Waals surface area contributed by atoms with Crippen LogP contribution in [0, 0.1) is 0 Å². The van der Waals surface area contributed by atoms with Crippen molar-refractivity contribution in [3.8, 4) is 0 Å². The zero-order chi connectivity index (χ0) is 12.4. The maximum atomic E-state index is 9.91. The van der Waals surface area contributed by atoms with Crippen LogP contribution in [0.4, 0.5) is 0 Å². The number of quaternary nitrogens is 1. The molecular formula is C10H19NO4. The number of carbonyl (C=O) groups excluding carboxylic acids is 1. The van der Waals surface area contributed by atoms with E-state index in [0.29, 0.717) is 5.57 Å². The third kappa shape index (κ3) is 15.4. The van der Waals surface area contributed by atoms with E-state index in [1.54, 1.807) is 20.2 Å². The second kappa shape index (κ2) is 9.21. The van der Waals surface area contributed by atoms with Crippen molar-refractivity contribution in [2.45, 2.75) is 20.3 Å². The van der Waals surface area contributed by atoms with Crippen LogP contribution in [-0.2, 0) is 9.59 Å². The number of likely N-dealkylation sites (N-methyl/N-ethyl adjacent to an activating group) is 1. The Hall–Kier alpha value is -1.36. The molecule has 0 aliphatic carbocycles. The van der Waals surface area contributed by atoms with Gasteiger partial charge in [0.2, 0.25) is 0 Å². The minimum absolute atomic E-state index is 0.194. The lowest BCUT2D eigenvalue weighted by Gasteiger charge is -1.99. The molecule has 0 aliphatic heterocycles. The van der Waals surface area contributed by atoms with Crippen LogP contribution in [0.5, 0.6) is 0 Å². The topological polar surface area (TPSA) is 81.9 Å². The van der Waals surface area contributed by atoms with Crippen molar-refractivity contribution in [2.24, 2.45) is 0 Å². The molecule has 0 aromatic heterocycles. The highest BCUT2D eigenvalue weighted by Gasteiger charge is 1.98. The molecule has 0 heterocycles. The van der Waals surface area contributed by atoms with E-state index >= 15 is 0 Å². The van der Waals surface area contributed by atoms with Crippen LogP contribution in [-0.4, -0.2) is 37.7 Å². The van der Waals surface area contributed by atoms with Crippen LogP contribution in [0.3, 0.4) is 0 Å². The van der Waals surface area contributed by atoms with Gasteiger partial charge in [0.25, 0.3) is 0 Å². The van der Waals surface area contributed by atoms with Gasteiger partial charge < -0.3 is 19.9 Å². The standard InChI is InChI=1S/C6H10O2.C4H9NO2/c1-3-4-5(2)6(7)8;1-5(2)3-4(6)7/h4H,3H2,1-2H3,(H,7,8);3H2,1-2H3,(H,6,7). The summed E-state index contributed by atoms with van der Waals surface area (Å²) in [5.74, 6) is -1.83. The van der Waals surface area contributed by atoms with Crippen LogP contribution in [0.2, 0.25) is 0 Å². The average molecular weight is 217 g/mol. The Morgan fingerprint density at radius 2 is 1.87 bits per heavy atom. The number of carbonyl (C=O) groups is 2. The minimum atomic E-state index is -1.08. The summed E-state index contributed by atoms with van der Waals surface area (Å²) < 4.78 is 0. The number of nitrogens with one attached hydrogen (secondary N) is 1. The molecule has 0 radical (unpaired) electrons. The maximum absolute atomic E-state index is 9.91. The van der Waals surface area contributed by atoms with Gasteiger partial charge in [0, 0.05) is 0 Å². The van der Waals surface area contributed by atoms with Crippen molar-refractivity contribution in [3.05, 3.63) is 11.6 Å². The lowest BCUT2D eigenvalue weighted by atomic mass is 10.2. The smallest absolute Gasteiger partial charge is 0.359 e. The second-order valence-corrected chi connectivity index (χ2v) is 3.36. The van der Waals surface area contributed by atoms with Crippen molar-refractivity contribution in [1.82, 2.24) is 0 Å². The van der Waals surface area contributed by atoms with Gasteiger partial charge in [0.1, 0.15) is 0 Å². The third-order valence-corrected chi connectivity index (χ3v) is 1.34. The quantitative estimate of drug-likeness (QED) is 0.550. The van der Waals surface area contributed by atoms with Gasteiger partial charge in [-0.25, -0.2) is 4.79 Å². The summed E-state index contributed by atoms with van der Waals surface area (Å²) in [4.78, 5) is 20.6. The van der Waals surface area contributed by atoms with E-state index in [1.807, 2.05) is 6.92 Å². The Kier molecular flexibility index (Phi) is 9.87. The van der Waals surface area contributed by atoms with E-state index in [0.717, 1.165) is 11.3 Å². The summed E-state index contributed by atoms with van der Waals surface area (Å²) in [6, 6.07) is 0. The molecule has 0 aromatic carbocycles. The van der Waals surface area contributed by atoms with Gasteiger partial charge in [-0.1, -0.05) is 13.0 Å². The summed E-state index contributed by atoms with van der Waals surface area (Å²) in [6.45, 7) is 3.60. The molecule has 0 amide bonds. The highest BCUT2D eigenvalue weighted by Crippen LogP contribution is 1.90. The van der Waals surface area contributed by atoms with Gasteiger partial charge in [0.05, 0.1) is 20.1 Å². The van der Waals surface area contributed by atoms with E-state index in [2.05, 4.69) is 0 Å². The number of hydrogen-bond donors (Lipinski definition) is 2. The van der Waals surface area contributed by atoms with Gasteiger partial charge >= 0.3 is 5.97 Å². The monoisotopic (exact) mass is 217 g/mol. The Morgan fingerprint density at radius 1 is 1.40 bits per heavy atom. The van der Waals surface area contributed by atoms with Gasteiger partial charge in [0.15, 0.2) is 6.54 Å². The molecule has 0 saturated heterocycles. The lowest BCUT2D eigenvalue weighted by Crippen LogP contribution is -3.06. The van der Waals surface area contributed by atoms with E-state index < -0.39 is 11.9 Å². The highest BCUT2D eigenvalue weighted by molar-refractivity contribution is 5.83. The Bertz CT molecular complexity index is 234. The number of allylic oxidation sites excluding steroid dienone is 1. The Labute approximate surface area is 90.0 Å². The van der Waals surface area contributed by atoms with Gasteiger partial charge in [-0.15, -0.1) is 0 Å². The summed E-state index contributed by atoms with van der Waals surface area (Å²) >= 11 is 0. The molecule has 0 saturated carbocycles. The van der Waals surface area contributed by atoms with Crippen molar-refractivity contribution < 1.29 is 24.7 Å². The van der Waals surface area contributed by atoms with Gasteiger partial charge in [-0.3, -0.25) is 0 Å². The first-order valence-electron chi connectivity index (χ1n) is 4.70. The minimum Gasteiger partial charge on any atom is -0.545 e. The van der Waals surface area contributed by atoms with Crippen molar-refractivity contribution in [1.29, 1.82) is 0 Å². The molecule has 0 atom stereocenters. The van der Waals surface area contributed by atoms with Crippen molar-refractivity contribution in [2.75, 3.05) is 20.6 Å². The number of carboxylic acids is 2. The Morgan fingerprint density at radius 3 is 1.93 bits per heavy atom. The summed E-state index contributed by atoms with van der Waals surface area (Å²) in [6.07, 6.45) is 2.37. The predicted octanol–water partition coefficient (Wildman–Crippen LogP) is -1.69. The molecule has 2 N–H and O–H groups in total. The van der Waals surface area contributed by atoms with Crippen LogP contribution >= 0.6 is 0 Å².